The van der Waals surface area contributed by atoms with Gasteiger partial charge in [-0.25, -0.2) is 0 Å². The van der Waals surface area contributed by atoms with Crippen LogP contribution in [0.5, 0.6) is 0 Å². The van der Waals surface area contributed by atoms with Gasteiger partial charge in [-0.15, -0.1) is 10.2 Å². The van der Waals surface area contributed by atoms with Gasteiger partial charge in [-0.2, -0.15) is 0 Å². The largest absolute Gasteiger partial charge is 0.377 e. The van der Waals surface area contributed by atoms with Crippen LogP contribution < -0.4 is 4.90 Å². The summed E-state index contributed by atoms with van der Waals surface area (Å²) in [6.45, 7) is 2.06. The van der Waals surface area contributed by atoms with E-state index in [2.05, 4.69) is 15.2 Å². The van der Waals surface area contributed by atoms with Crippen LogP contribution in [0.25, 0.3) is 0 Å². The zero-order valence-corrected chi connectivity index (χ0v) is 15.2. The number of nitrogens with zero attached hydrogens (tertiary/aromatic N) is 5. The lowest BCUT2D eigenvalue weighted by Crippen LogP contribution is -2.51. The van der Waals surface area contributed by atoms with Crippen molar-refractivity contribution < 1.29 is 14.3 Å². The van der Waals surface area contributed by atoms with Crippen molar-refractivity contribution in [1.29, 1.82) is 0 Å². The number of aromatic nitrogens is 3. The molecule has 0 bridgehead atoms. The molecule has 136 valence electrons. The minimum atomic E-state index is -0.318. The number of carbonyl (C=O) groups is 2. The lowest BCUT2D eigenvalue weighted by molar-refractivity contribution is -0.140. The van der Waals surface area contributed by atoms with E-state index < -0.39 is 0 Å². The number of ether oxygens (including phenoxy) is 1. The third-order valence-electron chi connectivity index (χ3n) is 4.73. The monoisotopic (exact) mass is 373 g/mol. The summed E-state index contributed by atoms with van der Waals surface area (Å²) in [6.07, 6.45) is 2.00. The SMILES string of the molecule is COCc1nnc(N2CC(C(=O)N3CC(c4ccccn4)C3)CC2=O)s1. The van der Waals surface area contributed by atoms with Crippen molar-refractivity contribution in [2.75, 3.05) is 31.6 Å². The average Bonchev–Trinajstić information content (AvgIpc) is 3.21. The Balaban J connectivity index is 1.36. The molecule has 0 aliphatic carbocycles. The van der Waals surface area contributed by atoms with E-state index in [1.165, 1.54) is 11.3 Å². The number of rotatable bonds is 5. The summed E-state index contributed by atoms with van der Waals surface area (Å²) in [5.41, 5.74) is 1.01. The second-order valence-electron chi connectivity index (χ2n) is 6.51. The molecule has 0 radical (unpaired) electrons. The highest BCUT2D eigenvalue weighted by atomic mass is 32.1. The van der Waals surface area contributed by atoms with E-state index in [-0.39, 0.29) is 30.1 Å². The fourth-order valence-corrected chi connectivity index (χ4v) is 4.15. The third kappa shape index (κ3) is 3.19. The van der Waals surface area contributed by atoms with Crippen LogP contribution in [0.1, 0.15) is 23.0 Å². The smallest absolute Gasteiger partial charge is 0.229 e. The zero-order valence-electron chi connectivity index (χ0n) is 14.4. The first-order valence-corrected chi connectivity index (χ1v) is 9.28. The van der Waals surface area contributed by atoms with Gasteiger partial charge in [-0.3, -0.25) is 19.5 Å². The lowest BCUT2D eigenvalue weighted by atomic mass is 9.93. The Kier molecular flexibility index (Phi) is 4.64. The Morgan fingerprint density at radius 2 is 2.15 bits per heavy atom. The van der Waals surface area contributed by atoms with Gasteiger partial charge >= 0.3 is 0 Å². The predicted molar refractivity (Wildman–Crippen MR) is 94.6 cm³/mol. The van der Waals surface area contributed by atoms with Gasteiger partial charge in [0.25, 0.3) is 0 Å². The van der Waals surface area contributed by atoms with Crippen molar-refractivity contribution in [3.8, 4) is 0 Å². The summed E-state index contributed by atoms with van der Waals surface area (Å²) < 4.78 is 5.03. The van der Waals surface area contributed by atoms with E-state index >= 15 is 0 Å². The summed E-state index contributed by atoms with van der Waals surface area (Å²) >= 11 is 1.32. The second kappa shape index (κ2) is 7.08. The summed E-state index contributed by atoms with van der Waals surface area (Å²) in [7, 11) is 1.59. The second-order valence-corrected chi connectivity index (χ2v) is 7.55. The maximum absolute atomic E-state index is 12.7. The van der Waals surface area contributed by atoms with Crippen molar-refractivity contribution in [3.05, 3.63) is 35.1 Å². The average molecular weight is 373 g/mol. The number of pyridine rings is 1. The molecule has 4 heterocycles. The van der Waals surface area contributed by atoms with Gasteiger partial charge < -0.3 is 9.64 Å². The number of carbonyl (C=O) groups excluding carboxylic acids is 2. The molecular formula is C17H19N5O3S. The molecule has 0 spiro atoms. The van der Waals surface area contributed by atoms with Crippen molar-refractivity contribution in [2.45, 2.75) is 18.9 Å². The summed E-state index contributed by atoms with van der Waals surface area (Å²) in [6, 6.07) is 5.83. The molecule has 2 amide bonds. The molecular weight excluding hydrogens is 354 g/mol. The first kappa shape index (κ1) is 17.0. The standard InChI is InChI=1S/C17H19N5O3S/c1-25-10-14-19-20-17(26-14)22-9-11(6-15(22)23)16(24)21-7-12(8-21)13-4-2-3-5-18-13/h2-5,11-12H,6-10H2,1H3. The van der Waals surface area contributed by atoms with Crippen LogP contribution in [0, 0.1) is 5.92 Å². The van der Waals surface area contributed by atoms with Gasteiger partial charge in [-0.05, 0) is 12.1 Å². The molecule has 4 rings (SSSR count). The van der Waals surface area contributed by atoms with E-state index in [9.17, 15) is 9.59 Å². The van der Waals surface area contributed by atoms with Gasteiger partial charge in [0.05, 0.1) is 5.92 Å². The van der Waals surface area contributed by atoms with Crippen LogP contribution in [0.15, 0.2) is 24.4 Å². The van der Waals surface area contributed by atoms with E-state index in [1.54, 1.807) is 18.2 Å². The zero-order chi connectivity index (χ0) is 18.1. The molecule has 2 aliphatic rings. The van der Waals surface area contributed by atoms with Crippen LogP contribution >= 0.6 is 11.3 Å². The van der Waals surface area contributed by atoms with Crippen molar-refractivity contribution in [1.82, 2.24) is 20.1 Å². The fourth-order valence-electron chi connectivity index (χ4n) is 3.31. The lowest BCUT2D eigenvalue weighted by Gasteiger charge is -2.40. The molecule has 1 atom stereocenters. The number of hydrogen-bond acceptors (Lipinski definition) is 7. The van der Waals surface area contributed by atoms with Crippen LogP contribution in [0.4, 0.5) is 5.13 Å². The minimum absolute atomic E-state index is 0.0367. The Morgan fingerprint density at radius 1 is 1.31 bits per heavy atom. The maximum atomic E-state index is 12.7. The highest BCUT2D eigenvalue weighted by Crippen LogP contribution is 2.32. The van der Waals surface area contributed by atoms with Gasteiger partial charge in [0.1, 0.15) is 11.6 Å². The molecule has 1 unspecified atom stereocenters. The van der Waals surface area contributed by atoms with E-state index in [4.69, 9.17) is 4.74 Å². The molecule has 2 fully saturated rings. The highest BCUT2D eigenvalue weighted by Gasteiger charge is 2.42. The molecule has 2 aromatic rings. The highest BCUT2D eigenvalue weighted by molar-refractivity contribution is 7.15. The van der Waals surface area contributed by atoms with E-state index in [0.29, 0.717) is 36.4 Å². The third-order valence-corrected chi connectivity index (χ3v) is 5.65. The molecule has 26 heavy (non-hydrogen) atoms. The Morgan fingerprint density at radius 3 is 2.88 bits per heavy atom. The van der Waals surface area contributed by atoms with Gasteiger partial charge in [0.2, 0.25) is 16.9 Å². The minimum Gasteiger partial charge on any atom is -0.377 e. The topological polar surface area (TPSA) is 88.5 Å². The summed E-state index contributed by atoms with van der Waals surface area (Å²) in [5, 5.41) is 9.31. The number of likely N-dealkylation sites (tertiary alicyclic amines) is 1. The molecule has 0 saturated carbocycles. The normalized spacial score (nSPS) is 20.5. The number of hydrogen-bond donors (Lipinski definition) is 0. The molecule has 0 N–H and O–H groups in total. The van der Waals surface area contributed by atoms with Crippen LogP contribution in [-0.2, 0) is 20.9 Å². The van der Waals surface area contributed by atoms with Crippen molar-refractivity contribution in [3.63, 3.8) is 0 Å². The first-order valence-electron chi connectivity index (χ1n) is 8.47. The first-order chi connectivity index (χ1) is 12.7. The fraction of sp³-hybridized carbons (Fsp3) is 0.471. The Bertz CT molecular complexity index is 806. The quantitative estimate of drug-likeness (QED) is 0.779. The molecule has 2 saturated heterocycles. The van der Waals surface area contributed by atoms with Crippen molar-refractivity contribution >= 4 is 28.3 Å². The summed E-state index contributed by atoms with van der Waals surface area (Å²) in [5.74, 6) is -0.0741. The maximum Gasteiger partial charge on any atom is 0.229 e. The summed E-state index contributed by atoms with van der Waals surface area (Å²) in [4.78, 5) is 32.8. The molecule has 8 nitrogen and oxygen atoms in total. The van der Waals surface area contributed by atoms with Crippen LogP contribution in [0.3, 0.4) is 0 Å². The van der Waals surface area contributed by atoms with Crippen LogP contribution in [0.2, 0.25) is 0 Å². The Hall–Kier alpha value is -2.39. The number of anilines is 1. The predicted octanol–water partition coefficient (Wildman–Crippen LogP) is 1.06. The van der Waals surface area contributed by atoms with Crippen LogP contribution in [-0.4, -0.2) is 58.6 Å². The van der Waals surface area contributed by atoms with E-state index in [1.807, 2.05) is 23.1 Å². The molecule has 0 aromatic carbocycles. The van der Waals surface area contributed by atoms with Gasteiger partial charge in [0, 0.05) is 51.0 Å². The number of methoxy groups -OCH3 is 1. The Labute approximate surface area is 154 Å². The molecule has 2 aliphatic heterocycles. The molecule has 2 aromatic heterocycles. The van der Waals surface area contributed by atoms with Gasteiger partial charge in [-0.1, -0.05) is 17.4 Å². The van der Waals surface area contributed by atoms with E-state index in [0.717, 1.165) is 5.69 Å². The van der Waals surface area contributed by atoms with Crippen molar-refractivity contribution in [2.24, 2.45) is 5.92 Å². The molecule has 9 heteroatoms. The number of amides is 2. The van der Waals surface area contributed by atoms with Gasteiger partial charge in [0.15, 0.2) is 0 Å².